The molecular weight excluding hydrogens is 159 g/mol. The second-order valence-corrected chi connectivity index (χ2v) is 3.09. The van der Waals surface area contributed by atoms with E-state index in [4.69, 9.17) is 13.6 Å². The zero-order valence-electron chi connectivity index (χ0n) is 7.41. The monoisotopic (exact) mass is 168 g/mol. The van der Waals surface area contributed by atoms with Crippen LogP contribution in [0.3, 0.4) is 0 Å². The quantitative estimate of drug-likeness (QED) is 0.469. The molecule has 3 heteroatoms. The highest BCUT2D eigenvalue weighted by Gasteiger charge is 2.01. The van der Waals surface area contributed by atoms with Gasteiger partial charge in [-0.25, -0.2) is 0 Å². The van der Waals surface area contributed by atoms with Gasteiger partial charge in [-0.1, -0.05) is 17.6 Å². The predicted molar refractivity (Wildman–Crippen MR) is 56.3 cm³/mol. The Labute approximate surface area is 78.2 Å². The van der Waals surface area contributed by atoms with Crippen molar-refractivity contribution in [2.45, 2.75) is 6.92 Å². The zero-order chi connectivity index (χ0) is 9.42. The molecule has 2 aromatic rings. The Morgan fingerprint density at radius 2 is 2.00 bits per heavy atom. The average Bonchev–Trinajstić information content (AvgIpc) is 2.12. The molecule has 1 heterocycles. The van der Waals surface area contributed by atoms with Crippen LogP contribution in [-0.4, -0.2) is 12.8 Å². The molecule has 0 saturated carbocycles. The van der Waals surface area contributed by atoms with E-state index in [-0.39, 0.29) is 0 Å². The summed E-state index contributed by atoms with van der Waals surface area (Å²) in [5, 5.41) is 0.922. The van der Waals surface area contributed by atoms with Crippen molar-refractivity contribution in [1.82, 2.24) is 4.98 Å². The van der Waals surface area contributed by atoms with Crippen molar-refractivity contribution in [2.75, 3.05) is 5.73 Å². The number of pyridine rings is 1. The first-order valence-corrected chi connectivity index (χ1v) is 4.10. The molecule has 0 aliphatic heterocycles. The minimum atomic E-state index is 0.674. The molecule has 0 amide bonds. The van der Waals surface area contributed by atoms with Crippen LogP contribution in [0.15, 0.2) is 24.3 Å². The third kappa shape index (κ3) is 1.26. The Kier molecular flexibility index (Phi) is 1.73. The summed E-state index contributed by atoms with van der Waals surface area (Å²) in [7, 11) is 5.78. The third-order valence-electron chi connectivity index (χ3n) is 2.06. The molecule has 0 saturated heterocycles. The molecule has 13 heavy (non-hydrogen) atoms. The summed E-state index contributed by atoms with van der Waals surface area (Å²) in [5.41, 5.74) is 8.91. The Morgan fingerprint density at radius 3 is 2.77 bits per heavy atom. The number of aryl methyl sites for hydroxylation is 1. The highest BCUT2D eigenvalue weighted by molar-refractivity contribution is 6.39. The van der Waals surface area contributed by atoms with Gasteiger partial charge in [-0.05, 0) is 24.4 Å². The number of nitrogen functional groups attached to an aromatic ring is 1. The minimum absolute atomic E-state index is 0.674. The van der Waals surface area contributed by atoms with Crippen LogP contribution in [0, 0.1) is 6.92 Å². The Morgan fingerprint density at radius 1 is 1.23 bits per heavy atom. The Balaban J connectivity index is 2.92. The van der Waals surface area contributed by atoms with E-state index < -0.39 is 0 Å². The summed E-state index contributed by atoms with van der Waals surface area (Å²) >= 11 is 0. The lowest BCUT2D eigenvalue weighted by Gasteiger charge is -2.05. The van der Waals surface area contributed by atoms with E-state index in [0.717, 1.165) is 22.1 Å². The van der Waals surface area contributed by atoms with Gasteiger partial charge < -0.3 is 5.73 Å². The molecule has 0 unspecified atom stereocenters. The molecule has 0 spiro atoms. The third-order valence-corrected chi connectivity index (χ3v) is 2.06. The molecule has 0 atom stereocenters. The van der Waals surface area contributed by atoms with Gasteiger partial charge in [0.1, 0.15) is 7.85 Å². The van der Waals surface area contributed by atoms with Crippen LogP contribution in [0.25, 0.3) is 10.9 Å². The van der Waals surface area contributed by atoms with Crippen molar-refractivity contribution in [3.8, 4) is 0 Å². The van der Waals surface area contributed by atoms with Gasteiger partial charge in [-0.2, -0.15) is 0 Å². The van der Waals surface area contributed by atoms with Crippen LogP contribution in [0.1, 0.15) is 5.69 Å². The van der Waals surface area contributed by atoms with E-state index in [2.05, 4.69) is 4.98 Å². The van der Waals surface area contributed by atoms with Gasteiger partial charge in [0.2, 0.25) is 0 Å². The zero-order valence-corrected chi connectivity index (χ0v) is 7.41. The van der Waals surface area contributed by atoms with Gasteiger partial charge in [-0.3, -0.25) is 4.98 Å². The number of nitrogens with zero attached hydrogens (tertiary/aromatic N) is 1. The van der Waals surface area contributed by atoms with Gasteiger partial charge in [0.25, 0.3) is 0 Å². The smallest absolute Gasteiger partial charge is 0.114 e. The molecule has 0 bridgehead atoms. The first-order valence-electron chi connectivity index (χ1n) is 4.10. The van der Waals surface area contributed by atoms with E-state index in [1.807, 2.05) is 19.1 Å². The van der Waals surface area contributed by atoms with E-state index in [9.17, 15) is 0 Å². The van der Waals surface area contributed by atoms with Crippen molar-refractivity contribution >= 4 is 29.9 Å². The van der Waals surface area contributed by atoms with Crippen molar-refractivity contribution < 1.29 is 0 Å². The van der Waals surface area contributed by atoms with E-state index in [0.29, 0.717) is 5.69 Å². The first-order chi connectivity index (χ1) is 6.18. The fourth-order valence-electron chi connectivity index (χ4n) is 1.36. The van der Waals surface area contributed by atoms with E-state index >= 15 is 0 Å². The molecule has 2 nitrogen and oxygen atoms in total. The number of aromatic nitrogens is 1. The lowest BCUT2D eigenvalue weighted by molar-refractivity contribution is 1.26. The number of hydrogen-bond donors (Lipinski definition) is 1. The molecule has 0 fully saturated rings. The number of fused-ring (bicyclic) bond motifs is 1. The van der Waals surface area contributed by atoms with Crippen molar-refractivity contribution in [1.29, 1.82) is 0 Å². The molecule has 1 aromatic carbocycles. The lowest BCUT2D eigenvalue weighted by Crippen LogP contribution is -2.06. The van der Waals surface area contributed by atoms with Gasteiger partial charge in [0.05, 0.1) is 11.2 Å². The molecule has 62 valence electrons. The summed E-state index contributed by atoms with van der Waals surface area (Å²) in [6.07, 6.45) is 0. The van der Waals surface area contributed by atoms with Gasteiger partial charge in [0.15, 0.2) is 0 Å². The van der Waals surface area contributed by atoms with E-state index in [1.54, 1.807) is 12.1 Å². The second-order valence-electron chi connectivity index (χ2n) is 3.09. The summed E-state index contributed by atoms with van der Waals surface area (Å²) in [5.74, 6) is 0. The second kappa shape index (κ2) is 2.77. The molecular formula is C10H9BN2. The van der Waals surface area contributed by atoms with Crippen LogP contribution < -0.4 is 11.2 Å². The van der Waals surface area contributed by atoms with Crippen molar-refractivity contribution in [3.05, 3.63) is 30.0 Å². The summed E-state index contributed by atoms with van der Waals surface area (Å²) < 4.78 is 0. The van der Waals surface area contributed by atoms with Crippen molar-refractivity contribution in [3.63, 3.8) is 0 Å². The van der Waals surface area contributed by atoms with Crippen LogP contribution in [-0.2, 0) is 0 Å². The van der Waals surface area contributed by atoms with Gasteiger partial charge >= 0.3 is 0 Å². The van der Waals surface area contributed by atoms with Gasteiger partial charge in [-0.15, -0.1) is 0 Å². The van der Waals surface area contributed by atoms with Crippen LogP contribution >= 0.6 is 0 Å². The summed E-state index contributed by atoms with van der Waals surface area (Å²) in [6.45, 7) is 1.93. The molecule has 2 rings (SSSR count). The summed E-state index contributed by atoms with van der Waals surface area (Å²) in [4.78, 5) is 4.33. The van der Waals surface area contributed by atoms with Crippen LogP contribution in [0.4, 0.5) is 5.69 Å². The fraction of sp³-hybridized carbons (Fsp3) is 0.100. The number of benzene rings is 1. The molecule has 1 aromatic heterocycles. The normalized spacial score (nSPS) is 10.5. The highest BCUT2D eigenvalue weighted by Crippen LogP contribution is 2.16. The summed E-state index contributed by atoms with van der Waals surface area (Å²) in [6, 6.07) is 7.46. The molecule has 2 radical (unpaired) electrons. The van der Waals surface area contributed by atoms with E-state index in [1.165, 1.54) is 0 Å². The SMILES string of the molecule is [B]c1ccc(N)c2nc(C)ccc12. The largest absolute Gasteiger partial charge is 0.397 e. The minimum Gasteiger partial charge on any atom is -0.397 e. The number of hydrogen-bond acceptors (Lipinski definition) is 2. The topological polar surface area (TPSA) is 38.9 Å². The molecule has 2 N–H and O–H groups in total. The maximum absolute atomic E-state index is 5.78. The number of anilines is 1. The first kappa shape index (κ1) is 8.11. The number of rotatable bonds is 0. The van der Waals surface area contributed by atoms with Crippen LogP contribution in [0.2, 0.25) is 0 Å². The Hall–Kier alpha value is -1.51. The lowest BCUT2D eigenvalue weighted by atomic mass is 9.91. The fourth-order valence-corrected chi connectivity index (χ4v) is 1.36. The van der Waals surface area contributed by atoms with Gasteiger partial charge in [0, 0.05) is 5.69 Å². The van der Waals surface area contributed by atoms with Crippen LogP contribution in [0.5, 0.6) is 0 Å². The molecule has 0 aliphatic carbocycles. The average molecular weight is 168 g/mol. The highest BCUT2D eigenvalue weighted by atomic mass is 14.7. The predicted octanol–water partition coefficient (Wildman–Crippen LogP) is 0.919. The Bertz CT molecular complexity index is 466. The maximum atomic E-state index is 5.78. The maximum Gasteiger partial charge on any atom is 0.114 e. The standard InChI is InChI=1S/C10H9BN2/c1-6-2-3-7-8(11)4-5-9(12)10(7)13-6/h2-5H,12H2,1H3. The number of nitrogens with two attached hydrogens (primary N) is 1. The molecule has 0 aliphatic rings. The van der Waals surface area contributed by atoms with Crippen molar-refractivity contribution in [2.24, 2.45) is 0 Å².